The van der Waals surface area contributed by atoms with Gasteiger partial charge in [0.15, 0.2) is 0 Å². The number of aliphatic hydroxyl groups excluding tert-OH is 1. The molecule has 4 amide bonds. The number of ether oxygens (including phenoxy) is 1. The summed E-state index contributed by atoms with van der Waals surface area (Å²) in [5.41, 5.74) is 7.38. The topological polar surface area (TPSA) is 190 Å². The number of rotatable bonds is 8. The third-order valence-corrected chi connectivity index (χ3v) is 6.66. The van der Waals surface area contributed by atoms with Crippen LogP contribution in [0.4, 0.5) is 0 Å². The summed E-state index contributed by atoms with van der Waals surface area (Å²) in [5.74, 6) is -3.05. The summed E-state index contributed by atoms with van der Waals surface area (Å²) in [6, 6.07) is -2.76. The first-order chi connectivity index (χ1) is 17.5. The number of unbranched alkanes of at least 4 members (excludes halogenated alkanes) is 1. The zero-order valence-electron chi connectivity index (χ0n) is 21.4. The first kappa shape index (κ1) is 30.2. The van der Waals surface area contributed by atoms with Gasteiger partial charge in [-0.05, 0) is 32.1 Å². The molecule has 12 nitrogen and oxygen atoms in total. The quantitative estimate of drug-likeness (QED) is 0.224. The van der Waals surface area contributed by atoms with Gasteiger partial charge in [-0.1, -0.05) is 13.8 Å². The summed E-state index contributed by atoms with van der Waals surface area (Å²) >= 11 is 1.34. The van der Waals surface area contributed by atoms with Gasteiger partial charge >= 0.3 is 5.97 Å². The maximum absolute atomic E-state index is 13.1. The summed E-state index contributed by atoms with van der Waals surface area (Å²) < 4.78 is 5.52. The van der Waals surface area contributed by atoms with Crippen molar-refractivity contribution in [3.63, 3.8) is 0 Å². The molecule has 1 aromatic rings. The van der Waals surface area contributed by atoms with E-state index in [2.05, 4.69) is 20.9 Å². The Morgan fingerprint density at radius 3 is 2.51 bits per heavy atom. The number of nitrogens with two attached hydrogens (primary N) is 1. The summed E-state index contributed by atoms with van der Waals surface area (Å²) in [6.45, 7) is 5.06. The minimum Gasteiger partial charge on any atom is -0.462 e. The van der Waals surface area contributed by atoms with Crippen LogP contribution in [0.1, 0.15) is 65.0 Å². The fourth-order valence-electron chi connectivity index (χ4n) is 4.00. The molecule has 6 N–H and O–H groups in total. The van der Waals surface area contributed by atoms with Crippen molar-refractivity contribution in [2.24, 2.45) is 11.7 Å². The molecule has 37 heavy (non-hydrogen) atoms. The van der Waals surface area contributed by atoms with Crippen LogP contribution in [-0.4, -0.2) is 70.0 Å². The van der Waals surface area contributed by atoms with E-state index in [-0.39, 0.29) is 31.6 Å². The number of thiazole rings is 1. The smallest absolute Gasteiger partial charge is 0.308 e. The van der Waals surface area contributed by atoms with E-state index in [0.717, 1.165) is 0 Å². The lowest BCUT2D eigenvalue weighted by Gasteiger charge is -2.29. The molecule has 0 aliphatic carbocycles. The van der Waals surface area contributed by atoms with Crippen LogP contribution in [0.2, 0.25) is 0 Å². The van der Waals surface area contributed by atoms with Crippen molar-refractivity contribution in [1.82, 2.24) is 20.9 Å². The number of carbonyl (C=O) groups excluding carboxylic acids is 5. The second-order valence-electron chi connectivity index (χ2n) is 9.61. The van der Waals surface area contributed by atoms with Gasteiger partial charge < -0.3 is 31.5 Å². The molecule has 0 radical (unpaired) electrons. The predicted molar refractivity (Wildman–Crippen MR) is 135 cm³/mol. The van der Waals surface area contributed by atoms with Gasteiger partial charge in [0.2, 0.25) is 23.6 Å². The van der Waals surface area contributed by atoms with Gasteiger partial charge in [-0.25, -0.2) is 4.98 Å². The molecule has 0 saturated carbocycles. The summed E-state index contributed by atoms with van der Waals surface area (Å²) in [6.07, 6.45) is -1.22. The van der Waals surface area contributed by atoms with Gasteiger partial charge in [-0.3, -0.25) is 24.0 Å². The van der Waals surface area contributed by atoms with E-state index in [9.17, 15) is 29.1 Å². The average Bonchev–Trinajstić information content (AvgIpc) is 3.31. The largest absolute Gasteiger partial charge is 0.462 e. The SMILES string of the molecule is CC(C)[C@H]1NC(=O)[C@@H](C)NC(=O)[C@@H](Cc2cscn2)NC(=O)C[C@@H](CCCCC(N)=O)OC(=O)C[C@@H]1O. The van der Waals surface area contributed by atoms with Crippen LogP contribution in [0.15, 0.2) is 10.9 Å². The van der Waals surface area contributed by atoms with Crippen molar-refractivity contribution in [3.05, 3.63) is 16.6 Å². The maximum atomic E-state index is 13.1. The van der Waals surface area contributed by atoms with Gasteiger partial charge in [-0.2, -0.15) is 0 Å². The van der Waals surface area contributed by atoms with Gasteiger partial charge in [-0.15, -0.1) is 11.3 Å². The molecular formula is C24H37N5O7S. The van der Waals surface area contributed by atoms with Gasteiger partial charge in [0.1, 0.15) is 18.2 Å². The summed E-state index contributed by atoms with van der Waals surface area (Å²) in [5, 5.41) is 20.4. The third kappa shape index (κ3) is 10.4. The van der Waals surface area contributed by atoms with E-state index in [0.29, 0.717) is 18.5 Å². The number of hydrogen-bond acceptors (Lipinski definition) is 9. The van der Waals surface area contributed by atoms with E-state index in [4.69, 9.17) is 10.5 Å². The third-order valence-electron chi connectivity index (χ3n) is 6.03. The normalized spacial score (nSPS) is 26.4. The lowest BCUT2D eigenvalue weighted by atomic mass is 9.96. The van der Waals surface area contributed by atoms with Crippen LogP contribution >= 0.6 is 11.3 Å². The first-order valence-electron chi connectivity index (χ1n) is 12.4. The Kier molecular flexibility index (Phi) is 11.9. The van der Waals surface area contributed by atoms with Crippen LogP contribution in [0.25, 0.3) is 0 Å². The Balaban J connectivity index is 2.28. The molecule has 0 spiro atoms. The number of esters is 1. The number of aliphatic hydroxyl groups is 1. The van der Waals surface area contributed by atoms with Crippen LogP contribution in [0.3, 0.4) is 0 Å². The Morgan fingerprint density at radius 2 is 1.89 bits per heavy atom. The molecular weight excluding hydrogens is 502 g/mol. The standard InChI is InChI=1S/C24H37N5O7S/c1-13(2)22-18(30)10-21(33)36-16(6-4-5-7-19(25)31)9-20(32)28-17(8-15-11-37-12-26-15)24(35)27-14(3)23(34)29-22/h11-14,16-18,22,30H,4-10H2,1-3H3,(H2,25,31)(H,27,35)(H,28,32)(H,29,34)/t14-,16-,17-,18+,22-/m1/s1. The van der Waals surface area contributed by atoms with E-state index >= 15 is 0 Å². The van der Waals surface area contributed by atoms with Crippen LogP contribution in [-0.2, 0) is 35.1 Å². The maximum Gasteiger partial charge on any atom is 0.308 e. The highest BCUT2D eigenvalue weighted by Gasteiger charge is 2.32. The molecule has 2 heterocycles. The van der Waals surface area contributed by atoms with E-state index in [1.165, 1.54) is 18.3 Å². The van der Waals surface area contributed by atoms with E-state index in [1.54, 1.807) is 24.7 Å². The van der Waals surface area contributed by atoms with Gasteiger partial charge in [0, 0.05) is 18.2 Å². The molecule has 5 atom stereocenters. The Hall–Kier alpha value is -3.06. The minimum atomic E-state index is -1.24. The zero-order valence-corrected chi connectivity index (χ0v) is 22.2. The molecule has 13 heteroatoms. The number of nitrogens with zero attached hydrogens (tertiary/aromatic N) is 1. The van der Waals surface area contributed by atoms with Crippen LogP contribution in [0, 0.1) is 5.92 Å². The molecule has 0 bridgehead atoms. The monoisotopic (exact) mass is 539 g/mol. The lowest BCUT2D eigenvalue weighted by molar-refractivity contribution is -0.154. The molecule has 2 rings (SSSR count). The zero-order chi connectivity index (χ0) is 27.5. The van der Waals surface area contributed by atoms with Gasteiger partial charge in [0.25, 0.3) is 0 Å². The second kappa shape index (κ2) is 14.6. The van der Waals surface area contributed by atoms with Crippen molar-refractivity contribution in [2.45, 2.75) is 96.1 Å². The van der Waals surface area contributed by atoms with Crippen LogP contribution in [0.5, 0.6) is 0 Å². The highest BCUT2D eigenvalue weighted by Crippen LogP contribution is 2.16. The number of cyclic esters (lactones) is 1. The Morgan fingerprint density at radius 1 is 1.16 bits per heavy atom. The molecule has 206 valence electrons. The number of carbonyl (C=O) groups is 5. The molecule has 0 unspecified atom stereocenters. The average molecular weight is 540 g/mol. The number of amides is 4. The Labute approximate surface area is 220 Å². The predicted octanol–water partition coefficient (Wildman–Crippen LogP) is -0.0719. The van der Waals surface area contributed by atoms with Crippen molar-refractivity contribution in [2.75, 3.05) is 0 Å². The molecule has 1 fully saturated rings. The summed E-state index contributed by atoms with van der Waals surface area (Å²) in [4.78, 5) is 66.6. The first-order valence-corrected chi connectivity index (χ1v) is 13.3. The fraction of sp³-hybridized carbons (Fsp3) is 0.667. The number of primary amides is 1. The van der Waals surface area contributed by atoms with Crippen molar-refractivity contribution < 1.29 is 33.8 Å². The fourth-order valence-corrected chi connectivity index (χ4v) is 4.57. The van der Waals surface area contributed by atoms with Crippen molar-refractivity contribution in [1.29, 1.82) is 0 Å². The molecule has 0 aromatic carbocycles. The van der Waals surface area contributed by atoms with Crippen molar-refractivity contribution in [3.8, 4) is 0 Å². The Bertz CT molecular complexity index is 940. The highest BCUT2D eigenvalue weighted by atomic mass is 32.1. The van der Waals surface area contributed by atoms with Crippen LogP contribution < -0.4 is 21.7 Å². The van der Waals surface area contributed by atoms with Crippen molar-refractivity contribution >= 4 is 40.9 Å². The summed E-state index contributed by atoms with van der Waals surface area (Å²) in [7, 11) is 0. The number of aromatic nitrogens is 1. The minimum absolute atomic E-state index is 0.103. The number of hydrogen-bond donors (Lipinski definition) is 5. The second-order valence-corrected chi connectivity index (χ2v) is 10.3. The van der Waals surface area contributed by atoms with E-state index < -0.39 is 66.4 Å². The molecule has 1 aliphatic rings. The molecule has 1 saturated heterocycles. The molecule has 1 aromatic heterocycles. The van der Waals surface area contributed by atoms with Gasteiger partial charge in [0.05, 0.1) is 36.2 Å². The number of nitrogens with one attached hydrogen (secondary N) is 3. The lowest BCUT2D eigenvalue weighted by Crippen LogP contribution is -2.56. The van der Waals surface area contributed by atoms with E-state index in [1.807, 2.05) is 0 Å². The molecule has 1 aliphatic heterocycles. The highest BCUT2D eigenvalue weighted by molar-refractivity contribution is 7.07.